The van der Waals surface area contributed by atoms with Crippen molar-refractivity contribution in [1.29, 1.82) is 0 Å². The van der Waals surface area contributed by atoms with E-state index in [1.165, 1.54) is 0 Å². The summed E-state index contributed by atoms with van der Waals surface area (Å²) in [6.07, 6.45) is 0. The van der Waals surface area contributed by atoms with Crippen LogP contribution < -0.4 is 5.32 Å². The molecular weight excluding hydrogens is 368 g/mol. The van der Waals surface area contributed by atoms with Crippen molar-refractivity contribution in [2.24, 2.45) is 0 Å². The Bertz CT molecular complexity index is 963. The van der Waals surface area contributed by atoms with Crippen LogP contribution in [-0.4, -0.2) is 35.0 Å². The smallest absolute Gasteiger partial charge is 0.326 e. The molecule has 0 spiro atoms. The summed E-state index contributed by atoms with van der Waals surface area (Å²) in [6.45, 7) is 8.71. The summed E-state index contributed by atoms with van der Waals surface area (Å²) in [6, 6.07) is 14.1. The molecule has 2 aromatic rings. The highest BCUT2D eigenvalue weighted by Gasteiger charge is 2.54. The SMILES string of the molecule is Cc1ccc([C@@]2(c3ccccc3)NC(=O)N(CC(=O)OC(C)(C)C)C2=O)cc1C. The topological polar surface area (TPSA) is 75.7 Å². The van der Waals surface area contributed by atoms with Gasteiger partial charge in [-0.3, -0.25) is 14.5 Å². The molecule has 0 saturated carbocycles. The fraction of sp³-hybridized carbons (Fsp3) is 0.348. The molecule has 3 amide bonds. The molecule has 29 heavy (non-hydrogen) atoms. The highest BCUT2D eigenvalue weighted by molar-refractivity contribution is 6.11. The zero-order valence-electron chi connectivity index (χ0n) is 17.4. The third-order valence-corrected chi connectivity index (χ3v) is 4.96. The van der Waals surface area contributed by atoms with Gasteiger partial charge in [-0.25, -0.2) is 4.79 Å². The fourth-order valence-corrected chi connectivity index (χ4v) is 3.44. The lowest BCUT2D eigenvalue weighted by molar-refractivity contribution is -0.157. The van der Waals surface area contributed by atoms with E-state index in [4.69, 9.17) is 4.74 Å². The van der Waals surface area contributed by atoms with Gasteiger partial charge in [-0.1, -0.05) is 48.5 Å². The molecule has 0 radical (unpaired) electrons. The number of nitrogens with one attached hydrogen (secondary N) is 1. The Kier molecular flexibility index (Phi) is 5.22. The maximum atomic E-state index is 13.6. The number of urea groups is 1. The van der Waals surface area contributed by atoms with Crippen molar-refractivity contribution in [2.45, 2.75) is 45.8 Å². The number of rotatable bonds is 4. The van der Waals surface area contributed by atoms with Gasteiger partial charge < -0.3 is 10.1 Å². The van der Waals surface area contributed by atoms with E-state index in [1.807, 2.05) is 50.2 Å². The van der Waals surface area contributed by atoms with Crippen molar-refractivity contribution in [2.75, 3.05) is 6.54 Å². The van der Waals surface area contributed by atoms with Crippen molar-refractivity contribution >= 4 is 17.9 Å². The van der Waals surface area contributed by atoms with Gasteiger partial charge in [0.15, 0.2) is 5.54 Å². The molecule has 1 saturated heterocycles. The van der Waals surface area contributed by atoms with E-state index < -0.39 is 35.6 Å². The Labute approximate surface area is 170 Å². The standard InChI is InChI=1S/C23H26N2O4/c1-15-11-12-18(13-16(15)2)23(17-9-7-6-8-10-17)20(27)25(21(28)24-23)14-19(26)29-22(3,4)5/h6-13H,14H2,1-5H3,(H,24,28)/t23-/m1/s1. The Morgan fingerprint density at radius 3 is 2.24 bits per heavy atom. The second-order valence-electron chi connectivity index (χ2n) is 8.32. The maximum Gasteiger partial charge on any atom is 0.326 e. The number of hydrogen-bond acceptors (Lipinski definition) is 4. The van der Waals surface area contributed by atoms with Gasteiger partial charge in [-0.05, 0) is 56.9 Å². The van der Waals surface area contributed by atoms with E-state index in [9.17, 15) is 14.4 Å². The second kappa shape index (κ2) is 7.35. The van der Waals surface area contributed by atoms with Gasteiger partial charge in [0.25, 0.3) is 5.91 Å². The van der Waals surface area contributed by atoms with Gasteiger partial charge in [0, 0.05) is 0 Å². The van der Waals surface area contributed by atoms with Crippen LogP contribution in [0.15, 0.2) is 48.5 Å². The molecule has 0 aliphatic carbocycles. The van der Waals surface area contributed by atoms with Crippen LogP contribution in [-0.2, 0) is 19.9 Å². The molecule has 1 heterocycles. The first kappa shape index (κ1) is 20.6. The summed E-state index contributed by atoms with van der Waals surface area (Å²) < 4.78 is 5.30. The summed E-state index contributed by atoms with van der Waals surface area (Å²) in [5, 5.41) is 2.84. The Hall–Kier alpha value is -3.15. The second-order valence-corrected chi connectivity index (χ2v) is 8.32. The van der Waals surface area contributed by atoms with Gasteiger partial charge in [0.2, 0.25) is 0 Å². The average molecular weight is 394 g/mol. The molecule has 1 atom stereocenters. The van der Waals surface area contributed by atoms with Crippen molar-refractivity contribution in [3.63, 3.8) is 0 Å². The molecule has 0 bridgehead atoms. The monoisotopic (exact) mass is 394 g/mol. The predicted molar refractivity (Wildman–Crippen MR) is 109 cm³/mol. The van der Waals surface area contributed by atoms with Gasteiger partial charge in [-0.15, -0.1) is 0 Å². The molecule has 0 unspecified atom stereocenters. The number of carbonyl (C=O) groups excluding carboxylic acids is 3. The zero-order valence-corrected chi connectivity index (χ0v) is 17.4. The summed E-state index contributed by atoms with van der Waals surface area (Å²) >= 11 is 0. The molecule has 1 aliphatic heterocycles. The lowest BCUT2D eigenvalue weighted by Gasteiger charge is -2.28. The van der Waals surface area contributed by atoms with Crippen LogP contribution in [0.5, 0.6) is 0 Å². The number of esters is 1. The van der Waals surface area contributed by atoms with E-state index >= 15 is 0 Å². The van der Waals surface area contributed by atoms with Crippen LogP contribution in [0.2, 0.25) is 0 Å². The van der Waals surface area contributed by atoms with E-state index in [1.54, 1.807) is 32.9 Å². The number of benzene rings is 2. The third-order valence-electron chi connectivity index (χ3n) is 4.96. The average Bonchev–Trinajstić information content (AvgIpc) is 2.89. The van der Waals surface area contributed by atoms with Crippen molar-refractivity contribution < 1.29 is 19.1 Å². The zero-order chi connectivity index (χ0) is 21.4. The van der Waals surface area contributed by atoms with Crippen LogP contribution >= 0.6 is 0 Å². The summed E-state index contributed by atoms with van der Waals surface area (Å²) in [4.78, 5) is 39.6. The van der Waals surface area contributed by atoms with Crippen LogP contribution in [0.1, 0.15) is 43.0 Å². The number of aryl methyl sites for hydroxylation is 2. The molecule has 1 N–H and O–H groups in total. The molecule has 1 fully saturated rings. The molecule has 0 aromatic heterocycles. The Morgan fingerprint density at radius 1 is 1.00 bits per heavy atom. The molecule has 1 aliphatic rings. The quantitative estimate of drug-likeness (QED) is 0.637. The number of hydrogen-bond donors (Lipinski definition) is 1. The van der Waals surface area contributed by atoms with E-state index in [0.29, 0.717) is 11.1 Å². The van der Waals surface area contributed by atoms with Crippen molar-refractivity contribution in [3.8, 4) is 0 Å². The molecule has 152 valence electrons. The first-order chi connectivity index (χ1) is 13.5. The van der Waals surface area contributed by atoms with E-state index in [2.05, 4.69) is 5.32 Å². The van der Waals surface area contributed by atoms with E-state index in [0.717, 1.165) is 16.0 Å². The number of nitrogens with zero attached hydrogens (tertiary/aromatic N) is 1. The van der Waals surface area contributed by atoms with Gasteiger partial charge in [0.05, 0.1) is 0 Å². The Morgan fingerprint density at radius 2 is 1.66 bits per heavy atom. The number of imide groups is 1. The highest BCUT2D eigenvalue weighted by Crippen LogP contribution is 2.36. The van der Waals surface area contributed by atoms with Crippen LogP contribution in [0.4, 0.5) is 4.79 Å². The van der Waals surface area contributed by atoms with Crippen LogP contribution in [0.3, 0.4) is 0 Å². The van der Waals surface area contributed by atoms with Crippen molar-refractivity contribution in [1.82, 2.24) is 10.2 Å². The maximum absolute atomic E-state index is 13.6. The predicted octanol–water partition coefficient (Wildman–Crippen LogP) is 3.44. The lowest BCUT2D eigenvalue weighted by atomic mass is 9.81. The van der Waals surface area contributed by atoms with Gasteiger partial charge >= 0.3 is 12.0 Å². The number of amides is 3. The van der Waals surface area contributed by atoms with Crippen LogP contribution in [0, 0.1) is 13.8 Å². The lowest BCUT2D eigenvalue weighted by Crippen LogP contribution is -2.45. The number of carbonyl (C=O) groups is 3. The largest absolute Gasteiger partial charge is 0.459 e. The minimum Gasteiger partial charge on any atom is -0.459 e. The molecule has 3 rings (SSSR count). The van der Waals surface area contributed by atoms with Gasteiger partial charge in [-0.2, -0.15) is 0 Å². The third kappa shape index (κ3) is 3.88. The first-order valence-electron chi connectivity index (χ1n) is 9.54. The molecule has 6 heteroatoms. The van der Waals surface area contributed by atoms with Crippen LogP contribution in [0.25, 0.3) is 0 Å². The molecule has 2 aromatic carbocycles. The van der Waals surface area contributed by atoms with E-state index in [-0.39, 0.29) is 0 Å². The summed E-state index contributed by atoms with van der Waals surface area (Å²) in [5.74, 6) is -1.13. The highest BCUT2D eigenvalue weighted by atomic mass is 16.6. The number of ether oxygens (including phenoxy) is 1. The summed E-state index contributed by atoms with van der Waals surface area (Å²) in [5.41, 5.74) is 1.27. The van der Waals surface area contributed by atoms with Crippen molar-refractivity contribution in [3.05, 3.63) is 70.8 Å². The normalized spacial score (nSPS) is 19.3. The molecule has 6 nitrogen and oxygen atoms in total. The minimum atomic E-state index is -1.39. The summed E-state index contributed by atoms with van der Waals surface area (Å²) in [7, 11) is 0. The first-order valence-corrected chi connectivity index (χ1v) is 9.54. The van der Waals surface area contributed by atoms with Gasteiger partial charge in [0.1, 0.15) is 12.1 Å². The molecular formula is C23H26N2O4. The fourth-order valence-electron chi connectivity index (χ4n) is 3.44. The Balaban J connectivity index is 2.06. The minimum absolute atomic E-state index is 0.443.